The van der Waals surface area contributed by atoms with Gasteiger partial charge in [0.25, 0.3) is 5.91 Å². The molecule has 0 aliphatic rings. The van der Waals surface area contributed by atoms with Crippen molar-refractivity contribution in [1.29, 1.82) is 0 Å². The van der Waals surface area contributed by atoms with Crippen LogP contribution in [0.25, 0.3) is 0 Å². The molecule has 3 aromatic rings. The fourth-order valence-electron chi connectivity index (χ4n) is 3.13. The van der Waals surface area contributed by atoms with E-state index in [0.717, 1.165) is 22.6 Å². The molecule has 5 heteroatoms. The van der Waals surface area contributed by atoms with Gasteiger partial charge < -0.3 is 14.2 Å². The average molecular weight is 378 g/mol. The summed E-state index contributed by atoms with van der Waals surface area (Å²) < 4.78 is 10.9. The van der Waals surface area contributed by atoms with Gasteiger partial charge in [-0.15, -0.1) is 0 Å². The zero-order valence-corrected chi connectivity index (χ0v) is 17.1. The maximum Gasteiger partial charge on any atom is 0.253 e. The van der Waals surface area contributed by atoms with Gasteiger partial charge in [-0.2, -0.15) is 0 Å². The molecular formula is C23H26N2O3. The van der Waals surface area contributed by atoms with Crippen LogP contribution in [0, 0.1) is 27.7 Å². The van der Waals surface area contributed by atoms with Gasteiger partial charge in [-0.25, -0.2) is 0 Å². The van der Waals surface area contributed by atoms with Gasteiger partial charge in [0.15, 0.2) is 0 Å². The standard InChI is InChI=1S/C23H26N2O3/c1-15-6-7-20(16(2)12-15)13-25(5)23(26)19-8-10-21(11-9-19)27-14-22-17(3)24-28-18(22)4/h6-12H,13-14H2,1-5H3. The maximum atomic E-state index is 12.7. The highest BCUT2D eigenvalue weighted by Crippen LogP contribution is 2.19. The van der Waals surface area contributed by atoms with E-state index in [-0.39, 0.29) is 5.91 Å². The van der Waals surface area contributed by atoms with Crippen molar-refractivity contribution in [2.45, 2.75) is 40.8 Å². The zero-order valence-electron chi connectivity index (χ0n) is 17.1. The highest BCUT2D eigenvalue weighted by Gasteiger charge is 2.14. The van der Waals surface area contributed by atoms with Crippen LogP contribution in [0.2, 0.25) is 0 Å². The maximum absolute atomic E-state index is 12.7. The molecule has 146 valence electrons. The van der Waals surface area contributed by atoms with Crippen molar-refractivity contribution in [3.8, 4) is 5.75 Å². The molecular weight excluding hydrogens is 352 g/mol. The lowest BCUT2D eigenvalue weighted by molar-refractivity contribution is 0.0785. The SMILES string of the molecule is Cc1ccc(CN(C)C(=O)c2ccc(OCc3c(C)noc3C)cc2)c(C)c1. The van der Waals surface area contributed by atoms with Crippen molar-refractivity contribution < 1.29 is 14.1 Å². The third kappa shape index (κ3) is 4.42. The van der Waals surface area contributed by atoms with Crippen LogP contribution in [0.3, 0.4) is 0 Å². The molecule has 1 aromatic heterocycles. The van der Waals surface area contributed by atoms with Crippen molar-refractivity contribution in [1.82, 2.24) is 10.1 Å². The second-order valence-electron chi connectivity index (χ2n) is 7.21. The van der Waals surface area contributed by atoms with Crippen molar-refractivity contribution in [3.05, 3.63) is 81.7 Å². The smallest absolute Gasteiger partial charge is 0.253 e. The molecule has 0 bridgehead atoms. The summed E-state index contributed by atoms with van der Waals surface area (Å²) in [7, 11) is 1.82. The lowest BCUT2D eigenvalue weighted by Gasteiger charge is -2.19. The fourth-order valence-corrected chi connectivity index (χ4v) is 3.13. The quantitative estimate of drug-likeness (QED) is 0.621. The van der Waals surface area contributed by atoms with Crippen LogP contribution in [0.15, 0.2) is 47.0 Å². The van der Waals surface area contributed by atoms with Crippen LogP contribution >= 0.6 is 0 Å². The molecule has 0 aliphatic heterocycles. The van der Waals surface area contributed by atoms with Crippen molar-refractivity contribution in [3.63, 3.8) is 0 Å². The van der Waals surface area contributed by atoms with Crippen LogP contribution in [0.5, 0.6) is 5.75 Å². The Labute approximate surface area is 165 Å². The number of aryl methyl sites for hydroxylation is 4. The van der Waals surface area contributed by atoms with E-state index >= 15 is 0 Å². The largest absolute Gasteiger partial charge is 0.489 e. The molecule has 0 atom stereocenters. The van der Waals surface area contributed by atoms with E-state index in [9.17, 15) is 4.79 Å². The van der Waals surface area contributed by atoms with E-state index in [2.05, 4.69) is 37.2 Å². The summed E-state index contributed by atoms with van der Waals surface area (Å²) in [6, 6.07) is 13.5. The summed E-state index contributed by atoms with van der Waals surface area (Å²) in [6.45, 7) is 8.87. The first kappa shape index (κ1) is 19.7. The van der Waals surface area contributed by atoms with E-state index in [1.807, 2.05) is 33.0 Å². The molecule has 0 unspecified atom stereocenters. The number of hydrogen-bond acceptors (Lipinski definition) is 4. The van der Waals surface area contributed by atoms with Gasteiger partial charge in [-0.1, -0.05) is 28.9 Å². The van der Waals surface area contributed by atoms with Crippen molar-refractivity contribution >= 4 is 5.91 Å². The predicted molar refractivity (Wildman–Crippen MR) is 108 cm³/mol. The van der Waals surface area contributed by atoms with Crippen LogP contribution in [-0.4, -0.2) is 23.0 Å². The third-order valence-electron chi connectivity index (χ3n) is 4.92. The molecule has 0 radical (unpaired) electrons. The number of hydrogen-bond donors (Lipinski definition) is 0. The molecule has 28 heavy (non-hydrogen) atoms. The first-order valence-corrected chi connectivity index (χ1v) is 9.31. The Kier molecular flexibility index (Phi) is 5.83. The van der Waals surface area contributed by atoms with E-state index in [4.69, 9.17) is 9.26 Å². The Balaban J connectivity index is 1.62. The lowest BCUT2D eigenvalue weighted by Crippen LogP contribution is -2.26. The molecule has 0 aliphatic carbocycles. The number of benzene rings is 2. The van der Waals surface area contributed by atoms with Gasteiger partial charge in [0, 0.05) is 19.2 Å². The molecule has 1 heterocycles. The van der Waals surface area contributed by atoms with Crippen molar-refractivity contribution in [2.24, 2.45) is 0 Å². The third-order valence-corrected chi connectivity index (χ3v) is 4.92. The van der Waals surface area contributed by atoms with Gasteiger partial charge in [0.2, 0.25) is 0 Å². The summed E-state index contributed by atoms with van der Waals surface area (Å²) in [4.78, 5) is 14.5. The number of rotatable bonds is 6. The van der Waals surface area contributed by atoms with E-state index in [0.29, 0.717) is 24.5 Å². The number of aromatic nitrogens is 1. The summed E-state index contributed by atoms with van der Waals surface area (Å²) in [5.41, 5.74) is 5.99. The molecule has 0 fully saturated rings. The molecule has 0 N–H and O–H groups in total. The molecule has 2 aromatic carbocycles. The lowest BCUT2D eigenvalue weighted by atomic mass is 10.1. The number of ether oxygens (including phenoxy) is 1. The van der Waals surface area contributed by atoms with E-state index in [1.165, 1.54) is 11.1 Å². The number of nitrogens with zero attached hydrogens (tertiary/aromatic N) is 2. The minimum absolute atomic E-state index is 0.0164. The Morgan fingerprint density at radius 2 is 1.79 bits per heavy atom. The highest BCUT2D eigenvalue weighted by molar-refractivity contribution is 5.94. The Morgan fingerprint density at radius 1 is 1.07 bits per heavy atom. The zero-order chi connectivity index (χ0) is 20.3. The molecule has 5 nitrogen and oxygen atoms in total. The monoisotopic (exact) mass is 378 g/mol. The molecule has 0 spiro atoms. The van der Waals surface area contributed by atoms with Gasteiger partial charge in [-0.3, -0.25) is 4.79 Å². The number of carbonyl (C=O) groups is 1. The van der Waals surface area contributed by atoms with Crippen LogP contribution < -0.4 is 4.74 Å². The summed E-state index contributed by atoms with van der Waals surface area (Å²) >= 11 is 0. The Bertz CT molecular complexity index is 955. The molecule has 0 saturated heterocycles. The van der Waals surface area contributed by atoms with E-state index < -0.39 is 0 Å². The molecule has 0 saturated carbocycles. The predicted octanol–water partition coefficient (Wildman–Crippen LogP) is 4.76. The van der Waals surface area contributed by atoms with Crippen LogP contribution in [0.4, 0.5) is 0 Å². The van der Waals surface area contributed by atoms with Gasteiger partial charge >= 0.3 is 0 Å². The first-order valence-electron chi connectivity index (χ1n) is 9.31. The average Bonchev–Trinajstić information content (AvgIpc) is 3.00. The second kappa shape index (κ2) is 8.30. The topological polar surface area (TPSA) is 55.6 Å². The molecule has 3 rings (SSSR count). The number of carbonyl (C=O) groups excluding carboxylic acids is 1. The second-order valence-corrected chi connectivity index (χ2v) is 7.21. The van der Waals surface area contributed by atoms with Gasteiger partial charge in [0.1, 0.15) is 18.1 Å². The minimum Gasteiger partial charge on any atom is -0.489 e. The van der Waals surface area contributed by atoms with E-state index in [1.54, 1.807) is 17.0 Å². The molecule has 1 amide bonds. The highest BCUT2D eigenvalue weighted by atomic mass is 16.5. The minimum atomic E-state index is -0.0164. The normalized spacial score (nSPS) is 10.8. The van der Waals surface area contributed by atoms with Gasteiger partial charge in [0.05, 0.1) is 11.3 Å². The van der Waals surface area contributed by atoms with Crippen LogP contribution in [0.1, 0.15) is 44.1 Å². The Hall–Kier alpha value is -3.08. The van der Waals surface area contributed by atoms with Crippen LogP contribution in [-0.2, 0) is 13.2 Å². The summed E-state index contributed by atoms with van der Waals surface area (Å²) in [6.07, 6.45) is 0. The Morgan fingerprint density at radius 3 is 2.39 bits per heavy atom. The van der Waals surface area contributed by atoms with Gasteiger partial charge in [-0.05, 0) is 63.1 Å². The summed E-state index contributed by atoms with van der Waals surface area (Å²) in [5.74, 6) is 1.45. The number of amides is 1. The summed E-state index contributed by atoms with van der Waals surface area (Å²) in [5, 5.41) is 3.93. The van der Waals surface area contributed by atoms with Crippen molar-refractivity contribution in [2.75, 3.05) is 7.05 Å². The fraction of sp³-hybridized carbons (Fsp3) is 0.304. The first-order chi connectivity index (χ1) is 13.3.